The Kier molecular flexibility index (Phi) is 4.93. The minimum Gasteiger partial charge on any atom is -0.338 e. The van der Waals surface area contributed by atoms with Crippen molar-refractivity contribution in [1.29, 1.82) is 0 Å². The summed E-state index contributed by atoms with van der Waals surface area (Å²) in [6.45, 7) is 9.42. The third-order valence-corrected chi connectivity index (χ3v) is 5.84. The molecule has 0 radical (unpaired) electrons. The first-order valence-corrected chi connectivity index (χ1v) is 9.83. The van der Waals surface area contributed by atoms with E-state index in [0.717, 1.165) is 64.2 Å². The van der Waals surface area contributed by atoms with E-state index in [1.54, 1.807) is 0 Å². The van der Waals surface area contributed by atoms with Crippen molar-refractivity contribution in [3.63, 3.8) is 0 Å². The highest BCUT2D eigenvalue weighted by Crippen LogP contribution is 2.26. The summed E-state index contributed by atoms with van der Waals surface area (Å²) >= 11 is 6.13. The smallest absolute Gasteiger partial charge is 0.225 e. The van der Waals surface area contributed by atoms with Gasteiger partial charge in [0.15, 0.2) is 0 Å². The van der Waals surface area contributed by atoms with Crippen LogP contribution in [0.15, 0.2) is 6.20 Å². The summed E-state index contributed by atoms with van der Waals surface area (Å²) in [6, 6.07) is 0.854. The molecule has 3 heterocycles. The molecule has 0 amide bonds. The van der Waals surface area contributed by atoms with Crippen molar-refractivity contribution in [3.05, 3.63) is 17.5 Å². The van der Waals surface area contributed by atoms with Gasteiger partial charge >= 0.3 is 0 Å². The Morgan fingerprint density at radius 2 is 2.00 bits per heavy atom. The molecule has 1 unspecified atom stereocenters. The highest BCUT2D eigenvalue weighted by atomic mass is 35.5. The average Bonchev–Trinajstić information content (AvgIpc) is 2.53. The maximum absolute atomic E-state index is 6.13. The van der Waals surface area contributed by atoms with E-state index >= 15 is 0 Å². The number of anilines is 1. The van der Waals surface area contributed by atoms with Crippen LogP contribution in [0.25, 0.3) is 0 Å². The summed E-state index contributed by atoms with van der Waals surface area (Å²) < 4.78 is 0. The van der Waals surface area contributed by atoms with Crippen molar-refractivity contribution in [2.75, 3.05) is 44.2 Å². The largest absolute Gasteiger partial charge is 0.338 e. The molecule has 0 bridgehead atoms. The maximum Gasteiger partial charge on any atom is 0.225 e. The molecule has 24 heavy (non-hydrogen) atoms. The number of piperazine rings is 1. The minimum absolute atomic E-state index is 0.193. The zero-order valence-electron chi connectivity index (χ0n) is 14.6. The van der Waals surface area contributed by atoms with E-state index in [0.29, 0.717) is 0 Å². The van der Waals surface area contributed by atoms with E-state index in [4.69, 9.17) is 16.6 Å². The number of hydrogen-bond donors (Lipinski definition) is 0. The average molecular weight is 350 g/mol. The first-order chi connectivity index (χ1) is 11.7. The van der Waals surface area contributed by atoms with Crippen molar-refractivity contribution in [2.45, 2.75) is 50.6 Å². The number of halogens is 1. The number of rotatable bonds is 4. The van der Waals surface area contributed by atoms with Crippen LogP contribution in [0.4, 0.5) is 5.95 Å². The SMILES string of the molecule is CC(Cl)CN1CCc2nc(N3CCN(C4CCC4)CC3)ncc2C1. The number of aromatic nitrogens is 2. The summed E-state index contributed by atoms with van der Waals surface area (Å²) in [7, 11) is 0. The fourth-order valence-corrected chi connectivity index (χ4v) is 4.26. The van der Waals surface area contributed by atoms with Gasteiger partial charge in [-0.05, 0) is 19.8 Å². The van der Waals surface area contributed by atoms with Crippen LogP contribution < -0.4 is 4.90 Å². The second-order valence-electron chi connectivity index (χ2n) is 7.52. The molecule has 0 aromatic carbocycles. The van der Waals surface area contributed by atoms with Crippen molar-refractivity contribution >= 4 is 17.5 Å². The maximum atomic E-state index is 6.13. The second-order valence-corrected chi connectivity index (χ2v) is 8.26. The summed E-state index contributed by atoms with van der Waals surface area (Å²) in [5.74, 6) is 0.932. The zero-order chi connectivity index (χ0) is 16.5. The Hall–Kier alpha value is -0.910. The van der Waals surface area contributed by atoms with Gasteiger partial charge in [0.25, 0.3) is 0 Å². The fraction of sp³-hybridized carbons (Fsp3) is 0.778. The van der Waals surface area contributed by atoms with Crippen LogP contribution in [-0.2, 0) is 13.0 Å². The van der Waals surface area contributed by atoms with Gasteiger partial charge in [-0.15, -0.1) is 11.6 Å². The van der Waals surface area contributed by atoms with Crippen LogP contribution in [0.3, 0.4) is 0 Å². The zero-order valence-corrected chi connectivity index (χ0v) is 15.4. The first-order valence-electron chi connectivity index (χ1n) is 9.39. The normalized spacial score (nSPS) is 24.5. The van der Waals surface area contributed by atoms with Crippen LogP contribution in [0, 0.1) is 0 Å². The van der Waals surface area contributed by atoms with Crippen molar-refractivity contribution in [2.24, 2.45) is 0 Å². The quantitative estimate of drug-likeness (QED) is 0.778. The monoisotopic (exact) mass is 349 g/mol. The molecule has 132 valence electrons. The van der Waals surface area contributed by atoms with Gasteiger partial charge in [0.05, 0.1) is 5.69 Å². The molecule has 1 aliphatic carbocycles. The van der Waals surface area contributed by atoms with Gasteiger partial charge in [0.2, 0.25) is 5.95 Å². The molecule has 1 saturated heterocycles. The van der Waals surface area contributed by atoms with E-state index in [9.17, 15) is 0 Å². The molecule has 0 N–H and O–H groups in total. The Balaban J connectivity index is 1.37. The number of alkyl halides is 1. The summed E-state index contributed by atoms with van der Waals surface area (Å²) in [6.07, 6.45) is 7.26. The second kappa shape index (κ2) is 7.14. The van der Waals surface area contributed by atoms with Crippen LogP contribution in [0.5, 0.6) is 0 Å². The molecule has 0 spiro atoms. The predicted molar refractivity (Wildman–Crippen MR) is 97.8 cm³/mol. The lowest BCUT2D eigenvalue weighted by molar-refractivity contribution is 0.120. The lowest BCUT2D eigenvalue weighted by atomic mass is 9.91. The molecule has 2 aliphatic heterocycles. The third-order valence-electron chi connectivity index (χ3n) is 5.70. The number of nitrogens with zero attached hydrogens (tertiary/aromatic N) is 5. The predicted octanol–water partition coefficient (Wildman–Crippen LogP) is 2.14. The molecule has 1 aromatic rings. The van der Waals surface area contributed by atoms with Crippen molar-refractivity contribution in [1.82, 2.24) is 19.8 Å². The topological polar surface area (TPSA) is 35.5 Å². The lowest BCUT2D eigenvalue weighted by Crippen LogP contribution is -2.52. The number of hydrogen-bond acceptors (Lipinski definition) is 5. The molecule has 4 rings (SSSR count). The highest BCUT2D eigenvalue weighted by Gasteiger charge is 2.29. The van der Waals surface area contributed by atoms with Crippen molar-refractivity contribution in [3.8, 4) is 0 Å². The van der Waals surface area contributed by atoms with Gasteiger partial charge in [0, 0.05) is 75.4 Å². The molecular weight excluding hydrogens is 322 g/mol. The van der Waals surface area contributed by atoms with Gasteiger partial charge in [-0.25, -0.2) is 9.97 Å². The van der Waals surface area contributed by atoms with Gasteiger partial charge in [-0.3, -0.25) is 9.80 Å². The van der Waals surface area contributed by atoms with Gasteiger partial charge in [-0.2, -0.15) is 0 Å². The molecule has 1 saturated carbocycles. The molecule has 2 fully saturated rings. The van der Waals surface area contributed by atoms with Crippen LogP contribution in [0.2, 0.25) is 0 Å². The Labute approximate surface area is 150 Å². The minimum atomic E-state index is 0.193. The first kappa shape index (κ1) is 16.6. The molecular formula is C18H28ClN5. The van der Waals surface area contributed by atoms with E-state index < -0.39 is 0 Å². The Bertz CT molecular complexity index is 567. The summed E-state index contributed by atoms with van der Waals surface area (Å²) in [5, 5.41) is 0.193. The molecule has 6 heteroatoms. The molecule has 1 atom stereocenters. The third kappa shape index (κ3) is 3.53. The Morgan fingerprint density at radius 3 is 2.67 bits per heavy atom. The van der Waals surface area contributed by atoms with Gasteiger partial charge in [0.1, 0.15) is 0 Å². The van der Waals surface area contributed by atoms with Gasteiger partial charge < -0.3 is 4.90 Å². The van der Waals surface area contributed by atoms with Gasteiger partial charge in [-0.1, -0.05) is 6.42 Å². The van der Waals surface area contributed by atoms with Crippen LogP contribution in [0.1, 0.15) is 37.4 Å². The van der Waals surface area contributed by atoms with E-state index in [1.807, 2.05) is 6.20 Å². The van der Waals surface area contributed by atoms with E-state index in [-0.39, 0.29) is 5.38 Å². The lowest BCUT2D eigenvalue weighted by Gasteiger charge is -2.43. The molecule has 5 nitrogen and oxygen atoms in total. The number of fused-ring (bicyclic) bond motifs is 1. The molecule has 3 aliphatic rings. The van der Waals surface area contributed by atoms with Crippen molar-refractivity contribution < 1.29 is 0 Å². The summed E-state index contributed by atoms with van der Waals surface area (Å²) in [4.78, 5) is 17.0. The van der Waals surface area contributed by atoms with E-state index in [2.05, 4.69) is 26.6 Å². The standard InChI is InChI=1S/C18H28ClN5/c1-14(19)12-22-6-5-17-15(13-22)11-20-18(21-17)24-9-7-23(8-10-24)16-3-2-4-16/h11,14,16H,2-10,12-13H2,1H3. The van der Waals surface area contributed by atoms with E-state index in [1.165, 1.54) is 30.5 Å². The fourth-order valence-electron chi connectivity index (χ4n) is 4.07. The Morgan fingerprint density at radius 1 is 1.21 bits per heavy atom. The highest BCUT2D eigenvalue weighted by molar-refractivity contribution is 6.20. The van der Waals surface area contributed by atoms with Crippen LogP contribution >= 0.6 is 11.6 Å². The summed E-state index contributed by atoms with van der Waals surface area (Å²) in [5.41, 5.74) is 2.51. The van der Waals surface area contributed by atoms with Crippen LogP contribution in [-0.4, -0.2) is 70.5 Å². The molecule has 1 aromatic heterocycles.